The van der Waals surface area contributed by atoms with Crippen LogP contribution in [0.25, 0.3) is 32.7 Å². The molecule has 4 aromatic rings. The van der Waals surface area contributed by atoms with Gasteiger partial charge in [0.25, 0.3) is 0 Å². The van der Waals surface area contributed by atoms with Gasteiger partial charge in [0.1, 0.15) is 6.29 Å². The highest BCUT2D eigenvalue weighted by atomic mass is 16.1. The summed E-state index contributed by atoms with van der Waals surface area (Å²) in [4.78, 5) is 15.6. The van der Waals surface area contributed by atoms with Gasteiger partial charge in [-0.2, -0.15) is 0 Å². The van der Waals surface area contributed by atoms with E-state index >= 15 is 0 Å². The minimum absolute atomic E-state index is 0.750. The number of para-hydroxylation sites is 1. The van der Waals surface area contributed by atoms with E-state index in [1.165, 1.54) is 39.6 Å². The molecule has 0 amide bonds. The van der Waals surface area contributed by atoms with Crippen LogP contribution >= 0.6 is 0 Å². The fourth-order valence-corrected chi connectivity index (χ4v) is 2.44. The van der Waals surface area contributed by atoms with Crippen LogP contribution in [-0.2, 0) is 4.79 Å². The van der Waals surface area contributed by atoms with E-state index in [-0.39, 0.29) is 0 Å². The Balaban J connectivity index is 0.000000339. The van der Waals surface area contributed by atoms with E-state index in [1.54, 1.807) is 0 Å². The third kappa shape index (κ3) is 1.80. The SMILES string of the molecule is CC=O.c1ccc2c(c1)[nH]c1c2ccc2cc[nH]c21. The van der Waals surface area contributed by atoms with E-state index in [0.717, 1.165) is 6.29 Å². The van der Waals surface area contributed by atoms with Crippen molar-refractivity contribution >= 4 is 39.0 Å². The maximum atomic E-state index is 8.81. The number of aromatic amines is 2. The van der Waals surface area contributed by atoms with Crippen LogP contribution in [0.15, 0.2) is 48.7 Å². The monoisotopic (exact) mass is 250 g/mol. The fraction of sp³-hybridized carbons (Fsp3) is 0.0625. The fourth-order valence-electron chi connectivity index (χ4n) is 2.44. The highest BCUT2D eigenvalue weighted by molar-refractivity contribution is 6.15. The molecule has 2 N–H and O–H groups in total. The smallest absolute Gasteiger partial charge is 0.116 e. The van der Waals surface area contributed by atoms with Crippen molar-refractivity contribution in [3.63, 3.8) is 0 Å². The Labute approximate surface area is 110 Å². The van der Waals surface area contributed by atoms with Crippen molar-refractivity contribution in [3.8, 4) is 0 Å². The predicted octanol–water partition coefficient (Wildman–Crippen LogP) is 4.01. The van der Waals surface area contributed by atoms with Crippen molar-refractivity contribution in [2.75, 3.05) is 0 Å². The second-order valence-corrected chi connectivity index (χ2v) is 4.34. The molecular formula is C16H14N2O. The zero-order chi connectivity index (χ0) is 13.2. The lowest BCUT2D eigenvalue weighted by Crippen LogP contribution is -1.71. The van der Waals surface area contributed by atoms with Gasteiger partial charge in [-0.25, -0.2) is 0 Å². The summed E-state index contributed by atoms with van der Waals surface area (Å²) >= 11 is 0. The zero-order valence-corrected chi connectivity index (χ0v) is 10.6. The number of H-pyrrole nitrogens is 2. The van der Waals surface area contributed by atoms with Crippen molar-refractivity contribution in [1.29, 1.82) is 0 Å². The summed E-state index contributed by atoms with van der Waals surface area (Å²) < 4.78 is 0. The molecule has 0 atom stereocenters. The minimum Gasteiger partial charge on any atom is -0.359 e. The Hall–Kier alpha value is -2.55. The maximum absolute atomic E-state index is 8.81. The molecule has 0 fully saturated rings. The molecule has 0 spiro atoms. The lowest BCUT2D eigenvalue weighted by molar-refractivity contribution is -0.106. The van der Waals surface area contributed by atoms with Gasteiger partial charge in [0.05, 0.1) is 11.0 Å². The molecule has 94 valence electrons. The molecule has 0 bridgehead atoms. The first-order valence-corrected chi connectivity index (χ1v) is 6.21. The number of carbonyl (C=O) groups is 1. The van der Waals surface area contributed by atoms with E-state index in [0.29, 0.717) is 0 Å². The highest BCUT2D eigenvalue weighted by Crippen LogP contribution is 2.29. The molecule has 4 rings (SSSR count). The second kappa shape index (κ2) is 4.61. The zero-order valence-electron chi connectivity index (χ0n) is 10.6. The topological polar surface area (TPSA) is 48.6 Å². The third-order valence-electron chi connectivity index (χ3n) is 3.21. The summed E-state index contributed by atoms with van der Waals surface area (Å²) in [5.74, 6) is 0. The van der Waals surface area contributed by atoms with Gasteiger partial charge in [-0.15, -0.1) is 0 Å². The van der Waals surface area contributed by atoms with Crippen LogP contribution in [0.2, 0.25) is 0 Å². The molecule has 0 radical (unpaired) electrons. The summed E-state index contributed by atoms with van der Waals surface area (Å²) in [6, 6.07) is 14.9. The number of nitrogens with one attached hydrogen (secondary N) is 2. The summed E-state index contributed by atoms with van der Waals surface area (Å²) in [6.45, 7) is 1.44. The Bertz CT molecular complexity index is 855. The average Bonchev–Trinajstić information content (AvgIpc) is 3.03. The van der Waals surface area contributed by atoms with E-state index < -0.39 is 0 Å². The predicted molar refractivity (Wildman–Crippen MR) is 79.4 cm³/mol. The average molecular weight is 250 g/mol. The van der Waals surface area contributed by atoms with E-state index in [2.05, 4.69) is 52.4 Å². The number of aldehydes is 1. The molecule has 0 aliphatic carbocycles. The van der Waals surface area contributed by atoms with Gasteiger partial charge in [-0.3, -0.25) is 0 Å². The molecule has 19 heavy (non-hydrogen) atoms. The van der Waals surface area contributed by atoms with Crippen molar-refractivity contribution in [2.45, 2.75) is 6.92 Å². The van der Waals surface area contributed by atoms with Crippen molar-refractivity contribution < 1.29 is 4.79 Å². The molecule has 2 aromatic heterocycles. The van der Waals surface area contributed by atoms with Gasteiger partial charge in [-0.05, 0) is 19.1 Å². The van der Waals surface area contributed by atoms with Crippen LogP contribution in [-0.4, -0.2) is 16.3 Å². The number of hydrogen-bond acceptors (Lipinski definition) is 1. The Kier molecular flexibility index (Phi) is 2.80. The normalized spacial score (nSPS) is 10.6. The number of carbonyl (C=O) groups excluding carboxylic acids is 1. The van der Waals surface area contributed by atoms with E-state index in [4.69, 9.17) is 4.79 Å². The molecular weight excluding hydrogens is 236 g/mol. The van der Waals surface area contributed by atoms with Gasteiger partial charge in [0, 0.05) is 27.9 Å². The molecule has 0 unspecified atom stereocenters. The summed E-state index contributed by atoms with van der Waals surface area (Å²) in [7, 11) is 0. The maximum Gasteiger partial charge on any atom is 0.116 e. The third-order valence-corrected chi connectivity index (χ3v) is 3.21. The van der Waals surface area contributed by atoms with Crippen molar-refractivity contribution in [2.24, 2.45) is 0 Å². The van der Waals surface area contributed by atoms with E-state index in [1.807, 2.05) is 6.20 Å². The lowest BCUT2D eigenvalue weighted by atomic mass is 10.1. The first-order valence-electron chi connectivity index (χ1n) is 6.21. The molecule has 3 nitrogen and oxygen atoms in total. The molecule has 2 heterocycles. The molecule has 0 aliphatic heterocycles. The molecule has 0 saturated carbocycles. The van der Waals surface area contributed by atoms with Crippen molar-refractivity contribution in [3.05, 3.63) is 48.7 Å². The standard InChI is InChI=1S/C14H10N2.C2H4O/c1-2-4-12-10(3-1)11-6-5-9-7-8-15-13(9)14(11)16-12;1-2-3/h1-8,15-16H;2H,1H3. The van der Waals surface area contributed by atoms with Crippen LogP contribution in [0.1, 0.15) is 6.92 Å². The lowest BCUT2D eigenvalue weighted by Gasteiger charge is -1.92. The first-order chi connectivity index (χ1) is 9.35. The Morgan fingerprint density at radius 2 is 1.74 bits per heavy atom. The summed E-state index contributed by atoms with van der Waals surface area (Å²) in [5.41, 5.74) is 3.58. The minimum atomic E-state index is 0.750. The largest absolute Gasteiger partial charge is 0.359 e. The van der Waals surface area contributed by atoms with Crippen LogP contribution < -0.4 is 0 Å². The number of benzene rings is 2. The quantitative estimate of drug-likeness (QED) is 0.455. The highest BCUT2D eigenvalue weighted by Gasteiger charge is 2.06. The van der Waals surface area contributed by atoms with Gasteiger partial charge < -0.3 is 14.8 Å². The number of rotatable bonds is 0. The van der Waals surface area contributed by atoms with Crippen LogP contribution in [0.3, 0.4) is 0 Å². The number of fused-ring (bicyclic) bond motifs is 5. The Morgan fingerprint density at radius 1 is 0.947 bits per heavy atom. The van der Waals surface area contributed by atoms with Gasteiger partial charge in [0.15, 0.2) is 0 Å². The molecule has 0 aliphatic rings. The number of hydrogen-bond donors (Lipinski definition) is 2. The van der Waals surface area contributed by atoms with Gasteiger partial charge in [-0.1, -0.05) is 30.3 Å². The van der Waals surface area contributed by atoms with Crippen molar-refractivity contribution in [1.82, 2.24) is 9.97 Å². The summed E-state index contributed by atoms with van der Waals surface area (Å²) in [6.07, 6.45) is 2.73. The molecule has 3 heteroatoms. The second-order valence-electron chi connectivity index (χ2n) is 4.34. The van der Waals surface area contributed by atoms with Gasteiger partial charge in [0.2, 0.25) is 0 Å². The summed E-state index contributed by atoms with van der Waals surface area (Å²) in [5, 5.41) is 3.82. The Morgan fingerprint density at radius 3 is 2.58 bits per heavy atom. The molecule has 2 aromatic carbocycles. The van der Waals surface area contributed by atoms with Gasteiger partial charge >= 0.3 is 0 Å². The van der Waals surface area contributed by atoms with Crippen LogP contribution in [0, 0.1) is 0 Å². The van der Waals surface area contributed by atoms with Crippen LogP contribution in [0.4, 0.5) is 0 Å². The first kappa shape index (κ1) is 11.5. The van der Waals surface area contributed by atoms with Crippen LogP contribution in [0.5, 0.6) is 0 Å². The van der Waals surface area contributed by atoms with E-state index in [9.17, 15) is 0 Å². The molecule has 0 saturated heterocycles. The number of aromatic nitrogens is 2.